The molecule has 0 spiro atoms. The van der Waals surface area contributed by atoms with Gasteiger partial charge in [0, 0.05) is 17.6 Å². The number of methoxy groups -OCH3 is 1. The van der Waals surface area contributed by atoms with E-state index in [9.17, 15) is 4.79 Å². The van der Waals surface area contributed by atoms with Crippen LogP contribution in [0, 0.1) is 6.92 Å². The first-order chi connectivity index (χ1) is 10.0. The Morgan fingerprint density at radius 1 is 1.38 bits per heavy atom. The van der Waals surface area contributed by atoms with Crippen molar-refractivity contribution in [1.82, 2.24) is 10.2 Å². The lowest BCUT2D eigenvalue weighted by atomic mass is 10.1. The molecule has 1 unspecified atom stereocenters. The molecule has 0 aromatic heterocycles. The number of halogens is 1. The number of hydrogen-bond donors (Lipinski definition) is 1. The summed E-state index contributed by atoms with van der Waals surface area (Å²) in [6.45, 7) is 9.96. The van der Waals surface area contributed by atoms with Gasteiger partial charge in [-0.25, -0.2) is 4.79 Å². The number of nitrogens with zero attached hydrogens (tertiary/aromatic N) is 1. The molecule has 4 nitrogen and oxygen atoms in total. The van der Waals surface area contributed by atoms with Crippen molar-refractivity contribution in [2.24, 2.45) is 0 Å². The SMILES string of the molecule is CCN(CC)CCNC(C(=O)OC)c1ccc(C)cc1Br. The normalized spacial score (nSPS) is 12.5. The van der Waals surface area contributed by atoms with E-state index in [1.54, 1.807) is 0 Å². The fourth-order valence-electron chi connectivity index (χ4n) is 2.21. The second kappa shape index (κ2) is 9.18. The van der Waals surface area contributed by atoms with Gasteiger partial charge in [0.25, 0.3) is 0 Å². The first-order valence-corrected chi connectivity index (χ1v) is 8.12. The fraction of sp³-hybridized carbons (Fsp3) is 0.562. The van der Waals surface area contributed by atoms with E-state index in [0.29, 0.717) is 0 Å². The highest BCUT2D eigenvalue weighted by Gasteiger charge is 2.23. The Bertz CT molecular complexity index is 462. The van der Waals surface area contributed by atoms with Crippen molar-refractivity contribution >= 4 is 21.9 Å². The van der Waals surface area contributed by atoms with Gasteiger partial charge in [0.15, 0.2) is 0 Å². The molecule has 21 heavy (non-hydrogen) atoms. The second-order valence-corrected chi connectivity index (χ2v) is 5.82. The van der Waals surface area contributed by atoms with E-state index in [1.807, 2.05) is 25.1 Å². The zero-order valence-corrected chi connectivity index (χ0v) is 14.9. The van der Waals surface area contributed by atoms with Crippen LogP contribution < -0.4 is 5.32 Å². The summed E-state index contributed by atoms with van der Waals surface area (Å²) in [7, 11) is 1.42. The van der Waals surface area contributed by atoms with Gasteiger partial charge in [-0.3, -0.25) is 5.32 Å². The molecule has 1 aromatic rings. The van der Waals surface area contributed by atoms with Crippen LogP contribution in [0.3, 0.4) is 0 Å². The number of aryl methyl sites for hydroxylation is 1. The Morgan fingerprint density at radius 3 is 2.57 bits per heavy atom. The highest BCUT2D eigenvalue weighted by molar-refractivity contribution is 9.10. The topological polar surface area (TPSA) is 41.6 Å². The minimum Gasteiger partial charge on any atom is -0.468 e. The zero-order chi connectivity index (χ0) is 15.8. The molecule has 0 heterocycles. The third-order valence-corrected chi connectivity index (χ3v) is 4.26. The van der Waals surface area contributed by atoms with E-state index in [2.05, 4.69) is 40.0 Å². The maximum atomic E-state index is 12.0. The van der Waals surface area contributed by atoms with Crippen molar-refractivity contribution in [3.63, 3.8) is 0 Å². The van der Waals surface area contributed by atoms with Crippen molar-refractivity contribution in [3.05, 3.63) is 33.8 Å². The smallest absolute Gasteiger partial charge is 0.327 e. The maximum Gasteiger partial charge on any atom is 0.327 e. The minimum atomic E-state index is -0.444. The van der Waals surface area contributed by atoms with Crippen LogP contribution in [-0.2, 0) is 9.53 Å². The summed E-state index contributed by atoms with van der Waals surface area (Å²) in [6, 6.07) is 5.53. The van der Waals surface area contributed by atoms with Crippen molar-refractivity contribution in [3.8, 4) is 0 Å². The third-order valence-electron chi connectivity index (χ3n) is 3.57. The highest BCUT2D eigenvalue weighted by Crippen LogP contribution is 2.25. The molecule has 118 valence electrons. The van der Waals surface area contributed by atoms with E-state index < -0.39 is 6.04 Å². The quantitative estimate of drug-likeness (QED) is 0.727. The summed E-state index contributed by atoms with van der Waals surface area (Å²) in [5, 5.41) is 3.30. The summed E-state index contributed by atoms with van der Waals surface area (Å²) < 4.78 is 5.85. The Labute approximate surface area is 136 Å². The molecule has 1 N–H and O–H groups in total. The van der Waals surface area contributed by atoms with Gasteiger partial charge < -0.3 is 9.64 Å². The molecule has 0 amide bonds. The van der Waals surface area contributed by atoms with E-state index >= 15 is 0 Å². The zero-order valence-electron chi connectivity index (χ0n) is 13.3. The lowest BCUT2D eigenvalue weighted by Gasteiger charge is -2.22. The number of nitrogens with one attached hydrogen (secondary N) is 1. The molecule has 1 atom stereocenters. The third kappa shape index (κ3) is 5.41. The van der Waals surface area contributed by atoms with Crippen molar-refractivity contribution in [1.29, 1.82) is 0 Å². The number of hydrogen-bond acceptors (Lipinski definition) is 4. The van der Waals surface area contributed by atoms with Gasteiger partial charge in [-0.1, -0.05) is 41.9 Å². The monoisotopic (exact) mass is 356 g/mol. The van der Waals surface area contributed by atoms with Crippen LogP contribution in [-0.4, -0.2) is 44.2 Å². The predicted molar refractivity (Wildman–Crippen MR) is 89.4 cm³/mol. The number of carbonyl (C=O) groups is 1. The van der Waals surface area contributed by atoms with Crippen LogP contribution in [0.1, 0.15) is 31.0 Å². The van der Waals surface area contributed by atoms with Crippen LogP contribution >= 0.6 is 15.9 Å². The summed E-state index contributed by atoms with van der Waals surface area (Å²) in [5.74, 6) is -0.265. The molecule has 5 heteroatoms. The number of carbonyl (C=O) groups excluding carboxylic acids is 1. The Hall–Kier alpha value is -0.910. The molecule has 0 fully saturated rings. The minimum absolute atomic E-state index is 0.265. The summed E-state index contributed by atoms with van der Waals surface area (Å²) in [5.41, 5.74) is 2.06. The number of esters is 1. The molecule has 0 radical (unpaired) electrons. The Balaban J connectivity index is 2.79. The molecule has 0 saturated heterocycles. The lowest BCUT2D eigenvalue weighted by Crippen LogP contribution is -2.37. The number of ether oxygens (including phenoxy) is 1. The van der Waals surface area contributed by atoms with Gasteiger partial charge >= 0.3 is 5.97 Å². The molecule has 0 aliphatic heterocycles. The van der Waals surface area contributed by atoms with Crippen molar-refractivity contribution in [2.45, 2.75) is 26.8 Å². The molecule has 1 aromatic carbocycles. The molecule has 1 rings (SSSR count). The number of likely N-dealkylation sites (N-methyl/N-ethyl adjacent to an activating group) is 1. The van der Waals surface area contributed by atoms with E-state index in [4.69, 9.17) is 4.74 Å². The second-order valence-electron chi connectivity index (χ2n) is 4.96. The van der Waals surface area contributed by atoms with Crippen LogP contribution in [0.15, 0.2) is 22.7 Å². The maximum absolute atomic E-state index is 12.0. The number of benzene rings is 1. The van der Waals surface area contributed by atoms with Gasteiger partial charge in [-0.2, -0.15) is 0 Å². The molecular formula is C16H25BrN2O2. The predicted octanol–water partition coefficient (Wildman–Crippen LogP) is 2.90. The van der Waals surface area contributed by atoms with Gasteiger partial charge in [0.1, 0.15) is 6.04 Å². The standard InChI is InChI=1S/C16H25BrN2O2/c1-5-19(6-2)10-9-18-15(16(20)21-4)13-8-7-12(3)11-14(13)17/h7-8,11,15,18H,5-6,9-10H2,1-4H3. The van der Waals surface area contributed by atoms with Crippen molar-refractivity contribution in [2.75, 3.05) is 33.3 Å². The largest absolute Gasteiger partial charge is 0.468 e. The molecule has 0 saturated carbocycles. The summed E-state index contributed by atoms with van der Waals surface area (Å²) >= 11 is 3.54. The van der Waals surface area contributed by atoms with Gasteiger partial charge in [0.2, 0.25) is 0 Å². The van der Waals surface area contributed by atoms with Crippen LogP contribution in [0.25, 0.3) is 0 Å². The summed E-state index contributed by atoms with van der Waals surface area (Å²) in [4.78, 5) is 14.4. The lowest BCUT2D eigenvalue weighted by molar-refractivity contribution is -0.143. The first-order valence-electron chi connectivity index (χ1n) is 7.33. The molecule has 0 aliphatic rings. The van der Waals surface area contributed by atoms with Crippen LogP contribution in [0.4, 0.5) is 0 Å². The average Bonchev–Trinajstić information content (AvgIpc) is 2.48. The van der Waals surface area contributed by atoms with E-state index in [0.717, 1.165) is 41.8 Å². The highest BCUT2D eigenvalue weighted by atomic mass is 79.9. The van der Waals surface area contributed by atoms with Gasteiger partial charge in [-0.15, -0.1) is 0 Å². The fourth-order valence-corrected chi connectivity index (χ4v) is 2.93. The van der Waals surface area contributed by atoms with Crippen LogP contribution in [0.5, 0.6) is 0 Å². The van der Waals surface area contributed by atoms with E-state index in [1.165, 1.54) is 7.11 Å². The van der Waals surface area contributed by atoms with Gasteiger partial charge in [-0.05, 0) is 37.2 Å². The van der Waals surface area contributed by atoms with Gasteiger partial charge in [0.05, 0.1) is 7.11 Å². The Kier molecular flexibility index (Phi) is 7.93. The van der Waals surface area contributed by atoms with Crippen LogP contribution in [0.2, 0.25) is 0 Å². The first kappa shape index (κ1) is 18.1. The molecular weight excluding hydrogens is 332 g/mol. The van der Waals surface area contributed by atoms with E-state index in [-0.39, 0.29) is 5.97 Å². The molecule has 0 aliphatic carbocycles. The van der Waals surface area contributed by atoms with Crippen molar-refractivity contribution < 1.29 is 9.53 Å². The Morgan fingerprint density at radius 2 is 2.05 bits per heavy atom. The molecule has 0 bridgehead atoms. The number of rotatable bonds is 8. The summed E-state index contributed by atoms with van der Waals surface area (Å²) in [6.07, 6.45) is 0. The average molecular weight is 357 g/mol.